The maximum atomic E-state index is 11.1. The highest BCUT2D eigenvalue weighted by Crippen LogP contribution is 1.91. The Morgan fingerprint density at radius 1 is 1.53 bits per heavy atom. The van der Waals surface area contributed by atoms with E-state index >= 15 is 0 Å². The van der Waals surface area contributed by atoms with Crippen molar-refractivity contribution in [2.24, 2.45) is 0 Å². The van der Waals surface area contributed by atoms with E-state index in [4.69, 9.17) is 11.5 Å². The van der Waals surface area contributed by atoms with Crippen LogP contribution in [-0.4, -0.2) is 48.1 Å². The van der Waals surface area contributed by atoms with Gasteiger partial charge in [0.15, 0.2) is 0 Å². The summed E-state index contributed by atoms with van der Waals surface area (Å²) in [6.07, 6.45) is 5.35. The monoisotopic (exact) mass is 212 g/mol. The van der Waals surface area contributed by atoms with Gasteiger partial charge >= 0.3 is 5.97 Å². The van der Waals surface area contributed by atoms with E-state index < -0.39 is 5.97 Å². The van der Waals surface area contributed by atoms with Crippen LogP contribution < -0.4 is 5.32 Å². The minimum absolute atomic E-state index is 0.0927. The molecule has 0 aliphatic rings. The van der Waals surface area contributed by atoms with Crippen molar-refractivity contribution in [1.29, 1.82) is 0 Å². The minimum atomic E-state index is -0.943. The molecule has 0 rings (SSSR count). The second-order valence-corrected chi connectivity index (χ2v) is 3.01. The molecule has 0 radical (unpaired) electrons. The maximum Gasteiger partial charge on any atom is 0.317 e. The molecule has 0 fully saturated rings. The highest BCUT2D eigenvalue weighted by molar-refractivity contribution is 5.76. The molecule has 2 N–H and O–H groups in total. The van der Waals surface area contributed by atoms with E-state index in [1.54, 1.807) is 0 Å². The lowest BCUT2D eigenvalue weighted by molar-refractivity contribution is -0.138. The summed E-state index contributed by atoms with van der Waals surface area (Å²) in [5.41, 5.74) is 0. The van der Waals surface area contributed by atoms with Crippen LogP contribution in [0.4, 0.5) is 0 Å². The van der Waals surface area contributed by atoms with Crippen molar-refractivity contribution in [3.05, 3.63) is 0 Å². The molecule has 0 aromatic rings. The summed E-state index contributed by atoms with van der Waals surface area (Å²) in [6.45, 7) is 2.87. The van der Waals surface area contributed by atoms with Gasteiger partial charge in [0.2, 0.25) is 5.91 Å². The molecule has 15 heavy (non-hydrogen) atoms. The number of nitrogens with zero attached hydrogens (tertiary/aromatic N) is 1. The number of aliphatic carboxylic acids is 1. The summed E-state index contributed by atoms with van der Waals surface area (Å²) >= 11 is 0. The number of carbonyl (C=O) groups excluding carboxylic acids is 1. The number of rotatable bonds is 7. The average molecular weight is 212 g/mol. The summed E-state index contributed by atoms with van der Waals surface area (Å²) in [5.74, 6) is 1.32. The minimum Gasteiger partial charge on any atom is -0.480 e. The van der Waals surface area contributed by atoms with Crippen molar-refractivity contribution in [3.8, 4) is 12.3 Å². The molecule has 5 heteroatoms. The molecule has 0 aliphatic heterocycles. The molecule has 0 aliphatic carbocycles. The number of carboxylic acid groups (broad SMARTS) is 1. The van der Waals surface area contributed by atoms with Crippen molar-refractivity contribution in [1.82, 2.24) is 10.2 Å². The Hall–Kier alpha value is -1.54. The average Bonchev–Trinajstić information content (AvgIpc) is 2.14. The Morgan fingerprint density at radius 3 is 2.67 bits per heavy atom. The van der Waals surface area contributed by atoms with Crippen LogP contribution in [0.15, 0.2) is 0 Å². The van der Waals surface area contributed by atoms with Gasteiger partial charge in [-0.25, -0.2) is 0 Å². The van der Waals surface area contributed by atoms with Gasteiger partial charge in [0, 0.05) is 19.5 Å². The van der Waals surface area contributed by atoms with E-state index in [-0.39, 0.29) is 25.4 Å². The third-order valence-electron chi connectivity index (χ3n) is 1.70. The topological polar surface area (TPSA) is 69.6 Å². The van der Waals surface area contributed by atoms with Crippen LogP contribution in [0.25, 0.3) is 0 Å². The second-order valence-electron chi connectivity index (χ2n) is 3.01. The van der Waals surface area contributed by atoms with Gasteiger partial charge in [-0.15, -0.1) is 6.42 Å². The van der Waals surface area contributed by atoms with Gasteiger partial charge in [-0.05, 0) is 6.92 Å². The normalized spacial score (nSPS) is 9.67. The van der Waals surface area contributed by atoms with Gasteiger partial charge in [0.25, 0.3) is 0 Å². The largest absolute Gasteiger partial charge is 0.480 e. The lowest BCUT2D eigenvalue weighted by atomic mass is 10.3. The Balaban J connectivity index is 3.90. The first kappa shape index (κ1) is 13.5. The summed E-state index contributed by atoms with van der Waals surface area (Å²) in [6, 6.07) is 0. The van der Waals surface area contributed by atoms with Crippen LogP contribution in [-0.2, 0) is 9.59 Å². The third kappa shape index (κ3) is 7.52. The summed E-state index contributed by atoms with van der Waals surface area (Å²) in [4.78, 5) is 23.1. The highest BCUT2D eigenvalue weighted by atomic mass is 16.4. The van der Waals surface area contributed by atoms with Gasteiger partial charge in [-0.2, -0.15) is 0 Å². The van der Waals surface area contributed by atoms with Crippen molar-refractivity contribution in [2.45, 2.75) is 13.3 Å². The van der Waals surface area contributed by atoms with E-state index in [0.29, 0.717) is 13.1 Å². The third-order valence-corrected chi connectivity index (χ3v) is 1.70. The fourth-order valence-electron chi connectivity index (χ4n) is 1.08. The quantitative estimate of drug-likeness (QED) is 0.560. The maximum absolute atomic E-state index is 11.1. The smallest absolute Gasteiger partial charge is 0.317 e. The number of amides is 1. The fraction of sp³-hybridized carbons (Fsp3) is 0.600. The first-order valence-corrected chi connectivity index (χ1v) is 4.74. The van der Waals surface area contributed by atoms with Crippen LogP contribution in [0.3, 0.4) is 0 Å². The molecule has 0 unspecified atom stereocenters. The molecular formula is C10H16N2O3. The predicted octanol–water partition coefficient (Wildman–Crippen LogP) is -0.468. The van der Waals surface area contributed by atoms with Crippen LogP contribution in [0.2, 0.25) is 0 Å². The van der Waals surface area contributed by atoms with Gasteiger partial charge in [0.1, 0.15) is 0 Å². The zero-order valence-corrected chi connectivity index (χ0v) is 8.82. The number of hydrogen-bond donors (Lipinski definition) is 2. The highest BCUT2D eigenvalue weighted by Gasteiger charge is 2.09. The Bertz CT molecular complexity index is 258. The van der Waals surface area contributed by atoms with Crippen LogP contribution in [0, 0.1) is 12.3 Å². The number of hydrogen-bond acceptors (Lipinski definition) is 3. The van der Waals surface area contributed by atoms with E-state index in [2.05, 4.69) is 11.2 Å². The number of terminal acetylenes is 1. The Labute approximate surface area is 89.4 Å². The Kier molecular flexibility index (Phi) is 7.02. The summed E-state index contributed by atoms with van der Waals surface area (Å²) in [5, 5.41) is 11.2. The molecule has 0 saturated carbocycles. The molecule has 1 amide bonds. The van der Waals surface area contributed by atoms with Crippen molar-refractivity contribution < 1.29 is 14.7 Å². The second kappa shape index (κ2) is 7.83. The lowest BCUT2D eigenvalue weighted by Gasteiger charge is -2.16. The lowest BCUT2D eigenvalue weighted by Crippen LogP contribution is -2.34. The molecule has 0 saturated heterocycles. The van der Waals surface area contributed by atoms with Gasteiger partial charge in [0.05, 0.1) is 13.1 Å². The van der Waals surface area contributed by atoms with E-state index in [9.17, 15) is 9.59 Å². The van der Waals surface area contributed by atoms with E-state index in [0.717, 1.165) is 0 Å². The van der Waals surface area contributed by atoms with Crippen molar-refractivity contribution in [3.63, 3.8) is 0 Å². The first-order valence-electron chi connectivity index (χ1n) is 4.74. The molecule has 0 atom stereocenters. The SMILES string of the molecule is C#CCN(CCC(=O)NCC)CC(=O)O. The number of carboxylic acids is 1. The molecule has 5 nitrogen and oxygen atoms in total. The zero-order valence-electron chi connectivity index (χ0n) is 8.82. The first-order chi connectivity index (χ1) is 7.10. The fourth-order valence-corrected chi connectivity index (χ4v) is 1.08. The predicted molar refractivity (Wildman–Crippen MR) is 56.2 cm³/mol. The molecule has 0 bridgehead atoms. The van der Waals surface area contributed by atoms with E-state index in [1.807, 2.05) is 6.92 Å². The van der Waals surface area contributed by atoms with Crippen LogP contribution >= 0.6 is 0 Å². The van der Waals surface area contributed by atoms with Crippen molar-refractivity contribution >= 4 is 11.9 Å². The molecule has 0 aromatic carbocycles. The number of carbonyl (C=O) groups is 2. The van der Waals surface area contributed by atoms with E-state index in [1.165, 1.54) is 4.90 Å². The standard InChI is InChI=1S/C10H16N2O3/c1-3-6-12(8-10(14)15)7-5-9(13)11-4-2/h1H,4-8H2,2H3,(H,11,13)(H,14,15). The molecule has 0 heterocycles. The summed E-state index contributed by atoms with van der Waals surface area (Å²) < 4.78 is 0. The number of nitrogens with one attached hydrogen (secondary N) is 1. The summed E-state index contributed by atoms with van der Waals surface area (Å²) in [7, 11) is 0. The molecular weight excluding hydrogens is 196 g/mol. The van der Waals surface area contributed by atoms with Gasteiger partial charge in [-0.1, -0.05) is 5.92 Å². The van der Waals surface area contributed by atoms with Gasteiger partial charge in [-0.3, -0.25) is 14.5 Å². The zero-order chi connectivity index (χ0) is 11.7. The van der Waals surface area contributed by atoms with Crippen LogP contribution in [0.1, 0.15) is 13.3 Å². The van der Waals surface area contributed by atoms with Gasteiger partial charge < -0.3 is 10.4 Å². The molecule has 84 valence electrons. The molecule has 0 spiro atoms. The molecule has 0 aromatic heterocycles. The van der Waals surface area contributed by atoms with Crippen LogP contribution in [0.5, 0.6) is 0 Å². The Morgan fingerprint density at radius 2 is 2.20 bits per heavy atom. The van der Waals surface area contributed by atoms with Crippen molar-refractivity contribution in [2.75, 3.05) is 26.2 Å².